The molecule has 1 atom stereocenters. The fourth-order valence-electron chi connectivity index (χ4n) is 2.36. The van der Waals surface area contributed by atoms with Crippen LogP contribution < -0.4 is 0 Å². The molecule has 2 aliphatic heterocycles. The molecule has 0 aromatic carbocycles. The van der Waals surface area contributed by atoms with Crippen LogP contribution in [0, 0.1) is 17.2 Å². The number of sulfone groups is 1. The Labute approximate surface area is 95.0 Å². The summed E-state index contributed by atoms with van der Waals surface area (Å²) in [5.41, 5.74) is 0. The molecule has 2 saturated heterocycles. The van der Waals surface area contributed by atoms with Crippen LogP contribution in [0.25, 0.3) is 0 Å². The van der Waals surface area contributed by atoms with Gasteiger partial charge in [0.25, 0.3) is 0 Å². The Bertz CT molecular complexity index is 423. The van der Waals surface area contributed by atoms with Gasteiger partial charge in [0, 0.05) is 19.0 Å². The van der Waals surface area contributed by atoms with E-state index in [9.17, 15) is 13.2 Å². The van der Waals surface area contributed by atoms with Crippen molar-refractivity contribution in [1.29, 1.82) is 5.26 Å². The number of nitriles is 1. The molecule has 0 aromatic heterocycles. The summed E-state index contributed by atoms with van der Waals surface area (Å²) >= 11 is 0. The summed E-state index contributed by atoms with van der Waals surface area (Å²) < 4.78 is 22.5. The topological polar surface area (TPSA) is 78.2 Å². The van der Waals surface area contributed by atoms with Crippen molar-refractivity contribution in [2.75, 3.05) is 18.1 Å². The zero-order valence-electron chi connectivity index (χ0n) is 8.92. The Balaban J connectivity index is 2.00. The third kappa shape index (κ3) is 2.19. The minimum Gasteiger partial charge on any atom is -0.338 e. The van der Waals surface area contributed by atoms with E-state index in [4.69, 9.17) is 5.26 Å². The summed E-state index contributed by atoms with van der Waals surface area (Å²) in [7, 11) is -2.88. The molecule has 2 rings (SSSR count). The summed E-state index contributed by atoms with van der Waals surface area (Å²) in [4.78, 5) is 13.3. The fraction of sp³-hybridized carbons (Fsp3) is 0.800. The second kappa shape index (κ2) is 4.06. The number of amides is 1. The molecule has 0 radical (unpaired) electrons. The smallest absolute Gasteiger partial charge is 0.224 e. The van der Waals surface area contributed by atoms with Crippen LogP contribution in [-0.4, -0.2) is 43.3 Å². The predicted molar refractivity (Wildman–Crippen MR) is 57.1 cm³/mol. The second-order valence-corrected chi connectivity index (χ2v) is 6.76. The summed E-state index contributed by atoms with van der Waals surface area (Å²) in [5.74, 6) is 0.110. The molecule has 2 fully saturated rings. The highest BCUT2D eigenvalue weighted by Gasteiger charge is 2.36. The molecule has 0 saturated carbocycles. The summed E-state index contributed by atoms with van der Waals surface area (Å²) in [6.07, 6.45) is 1.33. The van der Waals surface area contributed by atoms with E-state index in [1.807, 2.05) is 0 Å². The molecule has 0 spiro atoms. The van der Waals surface area contributed by atoms with E-state index in [1.54, 1.807) is 4.90 Å². The van der Waals surface area contributed by atoms with Gasteiger partial charge in [0.15, 0.2) is 0 Å². The SMILES string of the molecule is N#CC1CC(=O)N(C2CCS(=O)(=O)CC2)C1. The van der Waals surface area contributed by atoms with Crippen molar-refractivity contribution in [2.45, 2.75) is 25.3 Å². The molecule has 88 valence electrons. The van der Waals surface area contributed by atoms with Gasteiger partial charge in [-0.2, -0.15) is 5.26 Å². The van der Waals surface area contributed by atoms with E-state index in [0.717, 1.165) is 0 Å². The fourth-order valence-corrected chi connectivity index (χ4v) is 3.83. The molecule has 0 bridgehead atoms. The standard InChI is InChI=1S/C10H14N2O3S/c11-6-8-5-10(13)12(7-8)9-1-3-16(14,15)4-2-9/h8-9H,1-5,7H2. The highest BCUT2D eigenvalue weighted by molar-refractivity contribution is 7.91. The molecule has 1 unspecified atom stereocenters. The van der Waals surface area contributed by atoms with Crippen LogP contribution in [0.3, 0.4) is 0 Å². The Kier molecular flexibility index (Phi) is 2.89. The Morgan fingerprint density at radius 1 is 1.31 bits per heavy atom. The Morgan fingerprint density at radius 3 is 2.44 bits per heavy atom. The largest absolute Gasteiger partial charge is 0.338 e. The van der Waals surface area contributed by atoms with E-state index in [1.165, 1.54) is 0 Å². The van der Waals surface area contributed by atoms with Crippen LogP contribution in [0.5, 0.6) is 0 Å². The number of likely N-dealkylation sites (tertiary alicyclic amines) is 1. The maximum absolute atomic E-state index is 11.6. The molecule has 2 heterocycles. The van der Waals surface area contributed by atoms with Gasteiger partial charge < -0.3 is 4.90 Å². The van der Waals surface area contributed by atoms with Crippen molar-refractivity contribution in [3.05, 3.63) is 0 Å². The van der Waals surface area contributed by atoms with Gasteiger partial charge >= 0.3 is 0 Å². The van der Waals surface area contributed by atoms with Crippen LogP contribution in [0.1, 0.15) is 19.3 Å². The lowest BCUT2D eigenvalue weighted by Gasteiger charge is -2.30. The van der Waals surface area contributed by atoms with Gasteiger partial charge in [0.05, 0.1) is 23.5 Å². The van der Waals surface area contributed by atoms with Gasteiger partial charge in [-0.25, -0.2) is 8.42 Å². The van der Waals surface area contributed by atoms with Crippen LogP contribution in [-0.2, 0) is 14.6 Å². The second-order valence-electron chi connectivity index (χ2n) is 4.46. The summed E-state index contributed by atoms with van der Waals surface area (Å²) in [5, 5.41) is 8.76. The van der Waals surface area contributed by atoms with Gasteiger partial charge in [0.2, 0.25) is 5.91 Å². The van der Waals surface area contributed by atoms with Crippen LogP contribution in [0.2, 0.25) is 0 Å². The van der Waals surface area contributed by atoms with Gasteiger partial charge in [-0.05, 0) is 12.8 Å². The van der Waals surface area contributed by atoms with E-state index >= 15 is 0 Å². The highest BCUT2D eigenvalue weighted by Crippen LogP contribution is 2.25. The molecule has 16 heavy (non-hydrogen) atoms. The highest BCUT2D eigenvalue weighted by atomic mass is 32.2. The molecule has 6 heteroatoms. The van der Waals surface area contributed by atoms with Gasteiger partial charge in [-0.3, -0.25) is 4.79 Å². The van der Waals surface area contributed by atoms with Gasteiger partial charge in [0.1, 0.15) is 9.84 Å². The van der Waals surface area contributed by atoms with E-state index in [0.29, 0.717) is 25.8 Å². The number of rotatable bonds is 1. The number of carbonyl (C=O) groups is 1. The van der Waals surface area contributed by atoms with Gasteiger partial charge in [-0.1, -0.05) is 0 Å². The summed E-state index contributed by atoms with van der Waals surface area (Å²) in [6.45, 7) is 0.472. The zero-order chi connectivity index (χ0) is 11.8. The van der Waals surface area contributed by atoms with E-state index in [-0.39, 0.29) is 29.4 Å². The zero-order valence-corrected chi connectivity index (χ0v) is 9.74. The first kappa shape index (κ1) is 11.4. The lowest BCUT2D eigenvalue weighted by molar-refractivity contribution is -0.129. The van der Waals surface area contributed by atoms with Crippen molar-refractivity contribution >= 4 is 15.7 Å². The maximum Gasteiger partial charge on any atom is 0.224 e. The maximum atomic E-state index is 11.6. The van der Waals surface area contributed by atoms with Crippen LogP contribution in [0.15, 0.2) is 0 Å². The molecular weight excluding hydrogens is 228 g/mol. The quantitative estimate of drug-likeness (QED) is 0.645. The first-order valence-electron chi connectivity index (χ1n) is 5.41. The summed E-state index contributed by atoms with van der Waals surface area (Å²) in [6, 6.07) is 2.12. The monoisotopic (exact) mass is 242 g/mol. The molecular formula is C10H14N2O3S. The van der Waals surface area contributed by atoms with Gasteiger partial charge in [-0.15, -0.1) is 0 Å². The van der Waals surface area contributed by atoms with E-state index in [2.05, 4.69) is 6.07 Å². The molecule has 1 amide bonds. The minimum atomic E-state index is -2.88. The van der Waals surface area contributed by atoms with Crippen molar-refractivity contribution in [2.24, 2.45) is 5.92 Å². The van der Waals surface area contributed by atoms with Crippen molar-refractivity contribution < 1.29 is 13.2 Å². The van der Waals surface area contributed by atoms with E-state index < -0.39 is 9.84 Å². The van der Waals surface area contributed by atoms with Crippen LogP contribution in [0.4, 0.5) is 0 Å². The molecule has 0 aromatic rings. The lowest BCUT2D eigenvalue weighted by Crippen LogP contribution is -2.42. The van der Waals surface area contributed by atoms with Crippen molar-refractivity contribution in [3.8, 4) is 6.07 Å². The number of carbonyl (C=O) groups excluding carboxylic acids is 1. The third-order valence-electron chi connectivity index (χ3n) is 3.31. The number of nitrogens with zero attached hydrogens (tertiary/aromatic N) is 2. The molecule has 0 aliphatic carbocycles. The average molecular weight is 242 g/mol. The molecule has 2 aliphatic rings. The first-order chi connectivity index (χ1) is 7.52. The number of hydrogen-bond donors (Lipinski definition) is 0. The van der Waals surface area contributed by atoms with Crippen molar-refractivity contribution in [1.82, 2.24) is 4.90 Å². The van der Waals surface area contributed by atoms with Crippen LogP contribution >= 0.6 is 0 Å². The molecule has 5 nitrogen and oxygen atoms in total. The first-order valence-corrected chi connectivity index (χ1v) is 7.23. The Hall–Kier alpha value is -1.09. The predicted octanol–water partition coefficient (Wildman–Crippen LogP) is -0.0643. The average Bonchev–Trinajstić information content (AvgIpc) is 2.60. The normalized spacial score (nSPS) is 30.3. The molecule has 0 N–H and O–H groups in total. The Morgan fingerprint density at radius 2 is 1.94 bits per heavy atom. The number of hydrogen-bond acceptors (Lipinski definition) is 4. The lowest BCUT2D eigenvalue weighted by atomic mass is 10.1. The minimum absolute atomic E-state index is 0.00384. The van der Waals surface area contributed by atoms with Crippen molar-refractivity contribution in [3.63, 3.8) is 0 Å². The third-order valence-corrected chi connectivity index (χ3v) is 5.02.